The van der Waals surface area contributed by atoms with Gasteiger partial charge in [0.15, 0.2) is 0 Å². The predicted molar refractivity (Wildman–Crippen MR) is 109 cm³/mol. The van der Waals surface area contributed by atoms with Gasteiger partial charge in [-0.1, -0.05) is 17.7 Å². The Morgan fingerprint density at radius 2 is 1.81 bits per heavy atom. The smallest absolute Gasteiger partial charge is 0.243 e. The van der Waals surface area contributed by atoms with Crippen LogP contribution in [0.5, 0.6) is 0 Å². The average Bonchev–Trinajstić information content (AvgIpc) is 2.61. The molecule has 0 saturated carbocycles. The number of hydrogen-bond acceptors (Lipinski definition) is 4. The molecule has 0 spiro atoms. The molecule has 0 radical (unpaired) electrons. The SMILES string of the molecule is Cc1ccc(S(=O)(=O)N2CCC(C(=O)N3CCNCC3C)CC2)c(C)c1.Cl. The Morgan fingerprint density at radius 3 is 2.41 bits per heavy atom. The first-order chi connectivity index (χ1) is 12.3. The van der Waals surface area contributed by atoms with Gasteiger partial charge in [-0.3, -0.25) is 4.79 Å². The quantitative estimate of drug-likeness (QED) is 0.819. The van der Waals surface area contributed by atoms with Crippen LogP contribution in [-0.4, -0.2) is 62.3 Å². The number of benzene rings is 1. The largest absolute Gasteiger partial charge is 0.337 e. The minimum atomic E-state index is -3.50. The molecule has 152 valence electrons. The van der Waals surface area contributed by atoms with Crippen molar-refractivity contribution >= 4 is 28.3 Å². The maximum atomic E-state index is 13.0. The van der Waals surface area contributed by atoms with Crippen LogP contribution in [0.2, 0.25) is 0 Å². The number of sulfonamides is 1. The number of carbonyl (C=O) groups excluding carboxylic acids is 1. The summed E-state index contributed by atoms with van der Waals surface area (Å²) in [6.07, 6.45) is 1.19. The third kappa shape index (κ3) is 4.65. The van der Waals surface area contributed by atoms with Gasteiger partial charge in [0.1, 0.15) is 0 Å². The van der Waals surface area contributed by atoms with Crippen LogP contribution >= 0.6 is 12.4 Å². The number of halogens is 1. The van der Waals surface area contributed by atoms with Crippen LogP contribution in [-0.2, 0) is 14.8 Å². The molecule has 2 fully saturated rings. The van der Waals surface area contributed by atoms with Gasteiger partial charge in [-0.2, -0.15) is 4.31 Å². The molecular formula is C19H30ClN3O3S. The van der Waals surface area contributed by atoms with Crippen LogP contribution in [0.4, 0.5) is 0 Å². The highest BCUT2D eigenvalue weighted by Gasteiger charge is 2.35. The van der Waals surface area contributed by atoms with Crippen LogP contribution in [0.3, 0.4) is 0 Å². The van der Waals surface area contributed by atoms with Crippen molar-refractivity contribution in [2.24, 2.45) is 5.92 Å². The number of carbonyl (C=O) groups is 1. The molecule has 1 aromatic carbocycles. The summed E-state index contributed by atoms with van der Waals surface area (Å²) in [6, 6.07) is 5.63. The van der Waals surface area contributed by atoms with Crippen molar-refractivity contribution in [1.29, 1.82) is 0 Å². The number of amides is 1. The summed E-state index contributed by atoms with van der Waals surface area (Å²) >= 11 is 0. The Hall–Kier alpha value is -1.15. The van der Waals surface area contributed by atoms with Crippen LogP contribution < -0.4 is 5.32 Å². The number of hydrogen-bond donors (Lipinski definition) is 1. The van der Waals surface area contributed by atoms with Crippen molar-refractivity contribution in [1.82, 2.24) is 14.5 Å². The molecule has 0 bridgehead atoms. The fourth-order valence-corrected chi connectivity index (χ4v) is 5.65. The lowest BCUT2D eigenvalue weighted by molar-refractivity contribution is -0.139. The highest BCUT2D eigenvalue weighted by Crippen LogP contribution is 2.27. The molecule has 2 aliphatic heterocycles. The van der Waals surface area contributed by atoms with E-state index in [1.807, 2.05) is 30.9 Å². The van der Waals surface area contributed by atoms with Gasteiger partial charge in [-0.25, -0.2) is 8.42 Å². The van der Waals surface area contributed by atoms with E-state index in [4.69, 9.17) is 0 Å². The third-order valence-corrected chi connectivity index (χ3v) is 7.59. The van der Waals surface area contributed by atoms with E-state index in [1.165, 1.54) is 4.31 Å². The minimum Gasteiger partial charge on any atom is -0.337 e. The van der Waals surface area contributed by atoms with Crippen LogP contribution in [0.15, 0.2) is 23.1 Å². The van der Waals surface area contributed by atoms with E-state index < -0.39 is 10.0 Å². The molecule has 1 atom stereocenters. The molecular weight excluding hydrogens is 386 g/mol. The first-order valence-electron chi connectivity index (χ1n) is 9.39. The maximum absolute atomic E-state index is 13.0. The van der Waals surface area contributed by atoms with Crippen molar-refractivity contribution in [3.8, 4) is 0 Å². The van der Waals surface area contributed by atoms with Gasteiger partial charge in [0.05, 0.1) is 4.90 Å². The van der Waals surface area contributed by atoms with E-state index in [9.17, 15) is 13.2 Å². The summed E-state index contributed by atoms with van der Waals surface area (Å²) in [6.45, 7) is 9.06. The lowest BCUT2D eigenvalue weighted by atomic mass is 9.95. The van der Waals surface area contributed by atoms with E-state index in [2.05, 4.69) is 12.2 Å². The standard InChI is InChI=1S/C19H29N3O3S.ClH/c1-14-4-5-18(15(2)12-14)26(24,25)21-9-6-17(7-10-21)19(23)22-11-8-20-13-16(22)3;/h4-5,12,16-17,20H,6-11,13H2,1-3H3;1H. The Labute approximate surface area is 168 Å². The molecule has 8 heteroatoms. The molecule has 1 amide bonds. The number of nitrogens with one attached hydrogen (secondary N) is 1. The summed E-state index contributed by atoms with van der Waals surface area (Å²) in [4.78, 5) is 15.1. The summed E-state index contributed by atoms with van der Waals surface area (Å²) in [7, 11) is -3.50. The molecule has 6 nitrogen and oxygen atoms in total. The van der Waals surface area contributed by atoms with E-state index >= 15 is 0 Å². The Kier molecular flexibility index (Phi) is 7.30. The molecule has 0 aromatic heterocycles. The lowest BCUT2D eigenvalue weighted by Crippen LogP contribution is -2.55. The molecule has 1 unspecified atom stereocenters. The van der Waals surface area contributed by atoms with Crippen molar-refractivity contribution in [3.05, 3.63) is 29.3 Å². The molecule has 1 N–H and O–H groups in total. The number of piperidine rings is 1. The van der Waals surface area contributed by atoms with Crippen molar-refractivity contribution in [2.45, 2.75) is 44.6 Å². The molecule has 0 aliphatic carbocycles. The summed E-state index contributed by atoms with van der Waals surface area (Å²) < 4.78 is 27.5. The van der Waals surface area contributed by atoms with E-state index in [0.29, 0.717) is 30.8 Å². The second-order valence-electron chi connectivity index (χ2n) is 7.53. The number of nitrogens with zero attached hydrogens (tertiary/aromatic N) is 2. The van der Waals surface area contributed by atoms with Crippen LogP contribution in [0.25, 0.3) is 0 Å². The fraction of sp³-hybridized carbons (Fsp3) is 0.632. The molecule has 27 heavy (non-hydrogen) atoms. The van der Waals surface area contributed by atoms with Gasteiger partial charge in [0.2, 0.25) is 15.9 Å². The van der Waals surface area contributed by atoms with Gasteiger partial charge >= 0.3 is 0 Å². The van der Waals surface area contributed by atoms with Crippen molar-refractivity contribution < 1.29 is 13.2 Å². The number of piperazine rings is 1. The normalized spacial score (nSPS) is 22.3. The van der Waals surface area contributed by atoms with Crippen LogP contribution in [0.1, 0.15) is 30.9 Å². The van der Waals surface area contributed by atoms with Gasteiger partial charge in [0.25, 0.3) is 0 Å². The average molecular weight is 416 g/mol. The van der Waals surface area contributed by atoms with E-state index in [-0.39, 0.29) is 30.3 Å². The molecule has 2 saturated heterocycles. The molecule has 1 aromatic rings. The monoisotopic (exact) mass is 415 g/mol. The molecule has 2 aliphatic rings. The summed E-state index contributed by atoms with van der Waals surface area (Å²) in [5, 5.41) is 3.30. The number of rotatable bonds is 3. The van der Waals surface area contributed by atoms with Crippen molar-refractivity contribution in [3.63, 3.8) is 0 Å². The predicted octanol–water partition coefficient (Wildman–Crippen LogP) is 1.95. The maximum Gasteiger partial charge on any atom is 0.243 e. The first kappa shape index (κ1) is 22.1. The second-order valence-corrected chi connectivity index (χ2v) is 9.44. The van der Waals surface area contributed by atoms with Crippen LogP contribution in [0, 0.1) is 19.8 Å². The number of aryl methyl sites for hydroxylation is 2. The third-order valence-electron chi connectivity index (χ3n) is 5.54. The van der Waals surface area contributed by atoms with Gasteiger partial charge in [0, 0.05) is 44.7 Å². The highest BCUT2D eigenvalue weighted by molar-refractivity contribution is 7.89. The van der Waals surface area contributed by atoms with Crippen molar-refractivity contribution in [2.75, 3.05) is 32.7 Å². The Bertz CT molecular complexity index is 776. The van der Waals surface area contributed by atoms with E-state index in [1.54, 1.807) is 6.07 Å². The highest BCUT2D eigenvalue weighted by atomic mass is 35.5. The first-order valence-corrected chi connectivity index (χ1v) is 10.8. The zero-order valence-corrected chi connectivity index (χ0v) is 17.9. The second kappa shape index (κ2) is 8.90. The summed E-state index contributed by atoms with van der Waals surface area (Å²) in [5.74, 6) is 0.115. The fourth-order valence-electron chi connectivity index (χ4n) is 3.97. The minimum absolute atomic E-state index is 0. The molecule has 3 rings (SSSR count). The summed E-state index contributed by atoms with van der Waals surface area (Å²) in [5.41, 5.74) is 1.83. The zero-order valence-electron chi connectivity index (χ0n) is 16.3. The Morgan fingerprint density at radius 1 is 1.15 bits per heavy atom. The van der Waals surface area contributed by atoms with E-state index in [0.717, 1.165) is 30.8 Å². The Balaban J connectivity index is 0.00000261. The topological polar surface area (TPSA) is 69.7 Å². The van der Waals surface area contributed by atoms with Gasteiger partial charge < -0.3 is 10.2 Å². The van der Waals surface area contributed by atoms with Gasteiger partial charge in [-0.05, 0) is 45.2 Å². The molecule has 2 heterocycles. The lowest BCUT2D eigenvalue weighted by Gasteiger charge is -2.38. The van der Waals surface area contributed by atoms with Gasteiger partial charge in [-0.15, -0.1) is 12.4 Å². The zero-order chi connectivity index (χ0) is 18.9.